The molecule has 0 atom stereocenters. The Hall–Kier alpha value is -2.04. The first-order chi connectivity index (χ1) is 9.31. The van der Waals surface area contributed by atoms with Gasteiger partial charge in [0.1, 0.15) is 0 Å². The van der Waals surface area contributed by atoms with E-state index in [2.05, 4.69) is 10.6 Å². The first-order valence-corrected chi connectivity index (χ1v) is 6.74. The highest BCUT2D eigenvalue weighted by Gasteiger charge is 2.33. The van der Waals surface area contributed by atoms with Gasteiger partial charge < -0.3 is 15.7 Å². The van der Waals surface area contributed by atoms with Crippen LogP contribution in [0.4, 0.5) is 10.5 Å². The van der Waals surface area contributed by atoms with E-state index in [1.165, 1.54) is 6.07 Å². The van der Waals surface area contributed by atoms with Gasteiger partial charge in [0.2, 0.25) is 0 Å². The first kappa shape index (κ1) is 14.4. The third-order valence-corrected chi connectivity index (χ3v) is 4.03. The molecule has 0 unspecified atom stereocenters. The van der Waals surface area contributed by atoms with Crippen molar-refractivity contribution in [1.82, 2.24) is 5.32 Å². The number of carboxylic acids is 1. The molecule has 5 heteroatoms. The van der Waals surface area contributed by atoms with Crippen molar-refractivity contribution in [2.75, 3.05) is 5.32 Å². The molecule has 0 aromatic heterocycles. The summed E-state index contributed by atoms with van der Waals surface area (Å²) in [5.41, 5.74) is 2.16. The minimum absolute atomic E-state index is 0.126. The molecule has 3 N–H and O–H groups in total. The fourth-order valence-electron chi connectivity index (χ4n) is 2.42. The highest BCUT2D eigenvalue weighted by atomic mass is 16.4. The molecule has 0 spiro atoms. The number of carbonyl (C=O) groups is 2. The Morgan fingerprint density at radius 3 is 2.40 bits per heavy atom. The van der Waals surface area contributed by atoms with E-state index in [0.717, 1.165) is 30.4 Å². The summed E-state index contributed by atoms with van der Waals surface area (Å²) in [5.74, 6) is -0.986. The molecule has 2 amide bonds. The molecule has 5 nitrogen and oxygen atoms in total. The number of anilines is 1. The van der Waals surface area contributed by atoms with E-state index in [-0.39, 0.29) is 17.1 Å². The molecule has 2 rings (SSSR count). The molecular weight excluding hydrogens is 256 g/mol. The summed E-state index contributed by atoms with van der Waals surface area (Å²) in [6.45, 7) is 5.61. The number of carbonyl (C=O) groups excluding carboxylic acids is 1. The van der Waals surface area contributed by atoms with Gasteiger partial charge in [0.25, 0.3) is 0 Å². The molecule has 0 heterocycles. The second kappa shape index (κ2) is 5.15. The van der Waals surface area contributed by atoms with Crippen LogP contribution in [0.1, 0.15) is 47.7 Å². The molecule has 1 aliphatic rings. The lowest BCUT2D eigenvalue weighted by Gasteiger charge is -2.39. The Morgan fingerprint density at radius 2 is 1.90 bits per heavy atom. The summed E-state index contributed by atoms with van der Waals surface area (Å²) < 4.78 is 0. The average molecular weight is 276 g/mol. The zero-order valence-electron chi connectivity index (χ0n) is 12.0. The molecule has 0 radical (unpaired) electrons. The van der Waals surface area contributed by atoms with Crippen molar-refractivity contribution < 1.29 is 14.7 Å². The zero-order chi connectivity index (χ0) is 14.9. The van der Waals surface area contributed by atoms with Crippen LogP contribution in [-0.4, -0.2) is 22.6 Å². The van der Waals surface area contributed by atoms with Gasteiger partial charge in [-0.25, -0.2) is 9.59 Å². The van der Waals surface area contributed by atoms with Crippen molar-refractivity contribution >= 4 is 17.7 Å². The lowest BCUT2D eigenvalue weighted by Crippen LogP contribution is -2.52. The molecule has 0 aliphatic heterocycles. The predicted molar refractivity (Wildman–Crippen MR) is 77.3 cm³/mol. The maximum atomic E-state index is 11.9. The summed E-state index contributed by atoms with van der Waals surface area (Å²) in [7, 11) is 0. The number of aryl methyl sites for hydroxylation is 1. The molecule has 1 saturated carbocycles. The van der Waals surface area contributed by atoms with Crippen LogP contribution in [0, 0.1) is 13.8 Å². The minimum Gasteiger partial charge on any atom is -0.478 e. The van der Waals surface area contributed by atoms with Crippen LogP contribution in [0.3, 0.4) is 0 Å². The van der Waals surface area contributed by atoms with E-state index >= 15 is 0 Å². The van der Waals surface area contributed by atoms with Gasteiger partial charge in [0.15, 0.2) is 0 Å². The van der Waals surface area contributed by atoms with E-state index < -0.39 is 5.97 Å². The Kier molecular flexibility index (Phi) is 3.70. The number of nitrogens with one attached hydrogen (secondary N) is 2. The molecule has 1 aromatic carbocycles. The number of hydrogen-bond donors (Lipinski definition) is 3. The summed E-state index contributed by atoms with van der Waals surface area (Å²) in [6, 6.07) is 2.99. The highest BCUT2D eigenvalue weighted by molar-refractivity contribution is 5.94. The molecule has 0 bridgehead atoms. The Labute approximate surface area is 118 Å². The van der Waals surface area contributed by atoms with Crippen LogP contribution in [0.2, 0.25) is 0 Å². The van der Waals surface area contributed by atoms with Crippen LogP contribution in [0.25, 0.3) is 0 Å². The van der Waals surface area contributed by atoms with Gasteiger partial charge in [-0.15, -0.1) is 0 Å². The number of amides is 2. The van der Waals surface area contributed by atoms with Gasteiger partial charge in [-0.3, -0.25) is 0 Å². The third-order valence-electron chi connectivity index (χ3n) is 4.03. The lowest BCUT2D eigenvalue weighted by atomic mass is 9.79. The van der Waals surface area contributed by atoms with E-state index in [0.29, 0.717) is 5.69 Å². The van der Waals surface area contributed by atoms with E-state index in [1.54, 1.807) is 13.0 Å². The normalized spacial score (nSPS) is 16.1. The van der Waals surface area contributed by atoms with Crippen LogP contribution in [0.5, 0.6) is 0 Å². The summed E-state index contributed by atoms with van der Waals surface area (Å²) in [6.07, 6.45) is 3.09. The number of aromatic carboxylic acids is 1. The Morgan fingerprint density at radius 1 is 1.25 bits per heavy atom. The van der Waals surface area contributed by atoms with Gasteiger partial charge in [0.05, 0.1) is 5.56 Å². The second-order valence-corrected chi connectivity index (χ2v) is 5.76. The Bertz CT molecular complexity index is 562. The number of carboxylic acid groups (broad SMARTS) is 1. The van der Waals surface area contributed by atoms with Crippen molar-refractivity contribution in [1.29, 1.82) is 0 Å². The van der Waals surface area contributed by atoms with Crippen LogP contribution in [-0.2, 0) is 0 Å². The predicted octanol–water partition coefficient (Wildman–Crippen LogP) is 3.07. The fraction of sp³-hybridized carbons (Fsp3) is 0.467. The lowest BCUT2D eigenvalue weighted by molar-refractivity contribution is 0.0696. The minimum atomic E-state index is -0.986. The van der Waals surface area contributed by atoms with Crippen molar-refractivity contribution in [2.45, 2.75) is 45.6 Å². The highest BCUT2D eigenvalue weighted by Crippen LogP contribution is 2.31. The number of hydrogen-bond acceptors (Lipinski definition) is 2. The number of rotatable bonds is 3. The van der Waals surface area contributed by atoms with Crippen molar-refractivity contribution in [3.63, 3.8) is 0 Å². The zero-order valence-corrected chi connectivity index (χ0v) is 12.0. The number of urea groups is 1. The van der Waals surface area contributed by atoms with Gasteiger partial charge in [-0.05, 0) is 63.3 Å². The van der Waals surface area contributed by atoms with E-state index in [1.807, 2.05) is 13.8 Å². The second-order valence-electron chi connectivity index (χ2n) is 5.76. The molecular formula is C15H20N2O3. The fourth-order valence-corrected chi connectivity index (χ4v) is 2.42. The maximum Gasteiger partial charge on any atom is 0.336 e. The third kappa shape index (κ3) is 2.92. The molecule has 1 fully saturated rings. The smallest absolute Gasteiger partial charge is 0.336 e. The summed E-state index contributed by atoms with van der Waals surface area (Å²) in [4.78, 5) is 23.1. The first-order valence-electron chi connectivity index (χ1n) is 6.74. The van der Waals surface area contributed by atoms with Crippen molar-refractivity contribution in [3.05, 3.63) is 28.8 Å². The molecule has 1 aliphatic carbocycles. The maximum absolute atomic E-state index is 11.9. The van der Waals surface area contributed by atoms with Gasteiger partial charge in [0, 0.05) is 11.2 Å². The van der Waals surface area contributed by atoms with Gasteiger partial charge in [-0.1, -0.05) is 0 Å². The molecule has 1 aromatic rings. The van der Waals surface area contributed by atoms with E-state index in [9.17, 15) is 9.59 Å². The van der Waals surface area contributed by atoms with Crippen molar-refractivity contribution in [3.8, 4) is 0 Å². The largest absolute Gasteiger partial charge is 0.478 e. The molecule has 20 heavy (non-hydrogen) atoms. The SMILES string of the molecule is Cc1cc(NC(=O)NC2(C)CCC2)cc(C(=O)O)c1C. The topological polar surface area (TPSA) is 78.4 Å². The quantitative estimate of drug-likeness (QED) is 0.794. The molecule has 0 saturated heterocycles. The Balaban J connectivity index is 2.13. The molecule has 108 valence electrons. The van der Waals surface area contributed by atoms with Crippen molar-refractivity contribution in [2.24, 2.45) is 0 Å². The van der Waals surface area contributed by atoms with Gasteiger partial charge >= 0.3 is 12.0 Å². The number of benzene rings is 1. The average Bonchev–Trinajstić information content (AvgIpc) is 2.31. The van der Waals surface area contributed by atoms with Crippen LogP contribution >= 0.6 is 0 Å². The standard InChI is InChI=1S/C15H20N2O3/c1-9-7-11(8-12(10(9)2)13(18)19)16-14(20)17-15(3)5-4-6-15/h7-8H,4-6H2,1-3H3,(H,18,19)(H2,16,17,20). The summed E-state index contributed by atoms with van der Waals surface area (Å²) >= 11 is 0. The van der Waals surface area contributed by atoms with Gasteiger partial charge in [-0.2, -0.15) is 0 Å². The monoisotopic (exact) mass is 276 g/mol. The van der Waals surface area contributed by atoms with Crippen LogP contribution in [0.15, 0.2) is 12.1 Å². The van der Waals surface area contributed by atoms with E-state index in [4.69, 9.17) is 5.11 Å². The summed E-state index contributed by atoms with van der Waals surface area (Å²) in [5, 5.41) is 14.8. The van der Waals surface area contributed by atoms with Crippen LogP contribution < -0.4 is 10.6 Å².